The summed E-state index contributed by atoms with van der Waals surface area (Å²) in [4.78, 5) is 10.1. The van der Waals surface area contributed by atoms with E-state index in [1.165, 1.54) is 0 Å². The van der Waals surface area contributed by atoms with Gasteiger partial charge in [0.2, 0.25) is 0 Å². The van der Waals surface area contributed by atoms with E-state index in [-0.39, 0.29) is 0 Å². The van der Waals surface area contributed by atoms with Crippen LogP contribution < -0.4 is 5.32 Å². The van der Waals surface area contributed by atoms with Crippen molar-refractivity contribution in [3.63, 3.8) is 0 Å². The van der Waals surface area contributed by atoms with Gasteiger partial charge in [-0.25, -0.2) is 9.97 Å². The number of aromatic nitrogens is 4. The Kier molecular flexibility index (Phi) is 2.71. The van der Waals surface area contributed by atoms with E-state index in [0.29, 0.717) is 6.54 Å². The molecule has 0 bridgehead atoms. The number of rotatable bonds is 3. The first-order valence-corrected chi connectivity index (χ1v) is 6.56. The van der Waals surface area contributed by atoms with Crippen LogP contribution in [0.3, 0.4) is 0 Å². The highest BCUT2D eigenvalue weighted by Gasteiger charge is 2.08. The third-order valence-electron chi connectivity index (χ3n) is 2.69. The maximum atomic E-state index is 4.55. The molecule has 5 nitrogen and oxygen atoms in total. The number of nitrogens with zero attached hydrogens (tertiary/aromatic N) is 4. The summed E-state index contributed by atoms with van der Waals surface area (Å²) in [6, 6.07) is 4.01. The van der Waals surface area contributed by atoms with Gasteiger partial charge in [0.05, 0.1) is 11.1 Å². The van der Waals surface area contributed by atoms with Gasteiger partial charge in [-0.05, 0) is 24.4 Å². The summed E-state index contributed by atoms with van der Waals surface area (Å²) < 4.78 is 1.85. The standard InChI is InChI=1S/C12H13N5S/c1-8-3-5-17(16-8)7-10-14-11(13-2)9-4-6-18-12(9)15-10/h3-6H,7H2,1-2H3,(H,13,14,15). The molecule has 0 amide bonds. The van der Waals surface area contributed by atoms with E-state index in [0.717, 1.165) is 27.6 Å². The molecule has 18 heavy (non-hydrogen) atoms. The predicted molar refractivity (Wildman–Crippen MR) is 73.0 cm³/mol. The molecule has 0 saturated carbocycles. The number of hydrogen-bond acceptors (Lipinski definition) is 5. The maximum Gasteiger partial charge on any atom is 0.153 e. The molecule has 3 heterocycles. The van der Waals surface area contributed by atoms with Crippen LogP contribution in [-0.2, 0) is 6.54 Å². The molecule has 0 saturated heterocycles. The van der Waals surface area contributed by atoms with Crippen LogP contribution in [0.15, 0.2) is 23.7 Å². The van der Waals surface area contributed by atoms with E-state index < -0.39 is 0 Å². The molecule has 0 aliphatic carbocycles. The lowest BCUT2D eigenvalue weighted by Crippen LogP contribution is -2.06. The van der Waals surface area contributed by atoms with Gasteiger partial charge in [0.25, 0.3) is 0 Å². The number of aryl methyl sites for hydroxylation is 1. The molecular formula is C12H13N5S. The van der Waals surface area contributed by atoms with Crippen LogP contribution in [0.4, 0.5) is 5.82 Å². The van der Waals surface area contributed by atoms with E-state index in [1.807, 2.05) is 42.4 Å². The lowest BCUT2D eigenvalue weighted by molar-refractivity contribution is 0.653. The van der Waals surface area contributed by atoms with Gasteiger partial charge in [-0.2, -0.15) is 5.10 Å². The quantitative estimate of drug-likeness (QED) is 0.784. The van der Waals surface area contributed by atoms with Gasteiger partial charge in [-0.3, -0.25) is 4.68 Å². The summed E-state index contributed by atoms with van der Waals surface area (Å²) in [6.07, 6.45) is 1.94. The highest BCUT2D eigenvalue weighted by atomic mass is 32.1. The summed E-state index contributed by atoms with van der Waals surface area (Å²) >= 11 is 1.63. The van der Waals surface area contributed by atoms with Gasteiger partial charge in [-0.1, -0.05) is 0 Å². The first-order chi connectivity index (χ1) is 8.76. The second-order valence-electron chi connectivity index (χ2n) is 4.03. The molecule has 0 unspecified atom stereocenters. The molecule has 0 spiro atoms. The number of fused-ring (bicyclic) bond motifs is 1. The van der Waals surface area contributed by atoms with E-state index in [2.05, 4.69) is 20.4 Å². The first kappa shape index (κ1) is 11.2. The molecule has 3 aromatic heterocycles. The Morgan fingerprint density at radius 2 is 2.22 bits per heavy atom. The molecule has 92 valence electrons. The van der Waals surface area contributed by atoms with Gasteiger partial charge < -0.3 is 5.32 Å². The van der Waals surface area contributed by atoms with Crippen LogP contribution in [0.1, 0.15) is 11.5 Å². The zero-order valence-electron chi connectivity index (χ0n) is 10.2. The Labute approximate surface area is 109 Å². The smallest absolute Gasteiger partial charge is 0.153 e. The van der Waals surface area contributed by atoms with E-state index in [9.17, 15) is 0 Å². The molecular weight excluding hydrogens is 246 g/mol. The minimum atomic E-state index is 0.594. The molecule has 1 N–H and O–H groups in total. The summed E-state index contributed by atoms with van der Waals surface area (Å²) in [6.45, 7) is 2.56. The van der Waals surface area contributed by atoms with Crippen LogP contribution in [0, 0.1) is 6.92 Å². The third-order valence-corrected chi connectivity index (χ3v) is 3.49. The zero-order chi connectivity index (χ0) is 12.5. The van der Waals surface area contributed by atoms with Gasteiger partial charge >= 0.3 is 0 Å². The van der Waals surface area contributed by atoms with Crippen molar-refractivity contribution in [1.29, 1.82) is 0 Å². The van der Waals surface area contributed by atoms with Crippen molar-refractivity contribution in [3.8, 4) is 0 Å². The minimum absolute atomic E-state index is 0.594. The van der Waals surface area contributed by atoms with Gasteiger partial charge in [0, 0.05) is 13.2 Å². The Hall–Kier alpha value is -1.95. The highest BCUT2D eigenvalue weighted by molar-refractivity contribution is 7.16. The second-order valence-corrected chi connectivity index (χ2v) is 4.93. The van der Waals surface area contributed by atoms with Crippen molar-refractivity contribution < 1.29 is 0 Å². The van der Waals surface area contributed by atoms with E-state index >= 15 is 0 Å². The van der Waals surface area contributed by atoms with Crippen LogP contribution in [0.25, 0.3) is 10.2 Å². The fourth-order valence-electron chi connectivity index (χ4n) is 1.86. The zero-order valence-corrected chi connectivity index (χ0v) is 11.0. The topological polar surface area (TPSA) is 55.6 Å². The molecule has 0 aliphatic heterocycles. The molecule has 0 aromatic carbocycles. The fraction of sp³-hybridized carbons (Fsp3) is 0.250. The molecule has 3 rings (SSSR count). The molecule has 6 heteroatoms. The van der Waals surface area contributed by atoms with Crippen molar-refractivity contribution in [2.75, 3.05) is 12.4 Å². The summed E-state index contributed by atoms with van der Waals surface area (Å²) in [5.41, 5.74) is 1.00. The minimum Gasteiger partial charge on any atom is -0.372 e. The largest absolute Gasteiger partial charge is 0.372 e. The number of thiophene rings is 1. The maximum absolute atomic E-state index is 4.55. The van der Waals surface area contributed by atoms with Crippen molar-refractivity contribution in [3.05, 3.63) is 35.2 Å². The van der Waals surface area contributed by atoms with Crippen molar-refractivity contribution in [2.24, 2.45) is 0 Å². The van der Waals surface area contributed by atoms with Crippen molar-refractivity contribution in [1.82, 2.24) is 19.7 Å². The van der Waals surface area contributed by atoms with Gasteiger partial charge in [-0.15, -0.1) is 11.3 Å². The predicted octanol–water partition coefficient (Wildman–Crippen LogP) is 2.29. The Bertz CT molecular complexity index is 685. The Morgan fingerprint density at radius 1 is 1.33 bits per heavy atom. The van der Waals surface area contributed by atoms with Crippen LogP contribution >= 0.6 is 11.3 Å². The number of hydrogen-bond donors (Lipinski definition) is 1. The van der Waals surface area contributed by atoms with Crippen LogP contribution in [-0.4, -0.2) is 26.8 Å². The lowest BCUT2D eigenvalue weighted by atomic mass is 10.3. The SMILES string of the molecule is CNc1nc(Cn2ccc(C)n2)nc2sccc12. The second kappa shape index (κ2) is 4.38. The van der Waals surface area contributed by atoms with Crippen molar-refractivity contribution >= 4 is 27.4 Å². The highest BCUT2D eigenvalue weighted by Crippen LogP contribution is 2.24. The molecule has 0 fully saturated rings. The van der Waals surface area contributed by atoms with Crippen molar-refractivity contribution in [2.45, 2.75) is 13.5 Å². The monoisotopic (exact) mass is 259 g/mol. The average molecular weight is 259 g/mol. The summed E-state index contributed by atoms with van der Waals surface area (Å²) in [7, 11) is 1.88. The molecule has 3 aromatic rings. The number of nitrogens with one attached hydrogen (secondary N) is 1. The molecule has 0 aliphatic rings. The fourth-order valence-corrected chi connectivity index (χ4v) is 2.64. The van der Waals surface area contributed by atoms with Crippen LogP contribution in [0.5, 0.6) is 0 Å². The number of anilines is 1. The molecule has 0 atom stereocenters. The molecule has 0 radical (unpaired) electrons. The normalized spacial score (nSPS) is 11.0. The lowest BCUT2D eigenvalue weighted by Gasteiger charge is -2.05. The van der Waals surface area contributed by atoms with Crippen LogP contribution in [0.2, 0.25) is 0 Å². The third kappa shape index (κ3) is 1.95. The van der Waals surface area contributed by atoms with Gasteiger partial charge in [0.1, 0.15) is 17.2 Å². The Balaban J connectivity index is 2.01. The van der Waals surface area contributed by atoms with Gasteiger partial charge in [0.15, 0.2) is 5.82 Å². The first-order valence-electron chi connectivity index (χ1n) is 5.68. The van der Waals surface area contributed by atoms with E-state index in [1.54, 1.807) is 11.3 Å². The Morgan fingerprint density at radius 3 is 2.94 bits per heavy atom. The average Bonchev–Trinajstić information content (AvgIpc) is 2.97. The van der Waals surface area contributed by atoms with E-state index in [4.69, 9.17) is 0 Å². The summed E-state index contributed by atoms with van der Waals surface area (Å²) in [5, 5.41) is 10.6. The summed E-state index contributed by atoms with van der Waals surface area (Å²) in [5.74, 6) is 1.65.